The van der Waals surface area contributed by atoms with Crippen LogP contribution in [0.4, 0.5) is 19.0 Å². The quantitative estimate of drug-likeness (QED) is 0.445. The number of benzene rings is 1. The number of ether oxygens (including phenoxy) is 2. The van der Waals surface area contributed by atoms with E-state index in [0.717, 1.165) is 11.1 Å². The fraction of sp³-hybridized carbons (Fsp3) is 0.400. The summed E-state index contributed by atoms with van der Waals surface area (Å²) >= 11 is 0. The number of nitrogens with one attached hydrogen (secondary N) is 3. The van der Waals surface area contributed by atoms with Crippen LogP contribution in [0.15, 0.2) is 42.6 Å². The van der Waals surface area contributed by atoms with Crippen LogP contribution in [0.3, 0.4) is 0 Å². The first kappa shape index (κ1) is 27.0. The van der Waals surface area contributed by atoms with Gasteiger partial charge in [0.15, 0.2) is 11.5 Å². The normalized spacial score (nSPS) is 15.1. The van der Waals surface area contributed by atoms with Crippen molar-refractivity contribution in [2.75, 3.05) is 11.9 Å². The van der Waals surface area contributed by atoms with Crippen LogP contribution in [0.1, 0.15) is 43.9 Å². The van der Waals surface area contributed by atoms with Gasteiger partial charge in [0.2, 0.25) is 11.8 Å². The molecule has 2 heterocycles. The number of pyridine rings is 1. The molecule has 0 radical (unpaired) electrons. The maximum atomic E-state index is 12.8. The van der Waals surface area contributed by atoms with Crippen molar-refractivity contribution in [3.05, 3.63) is 59.3 Å². The number of para-hydroxylation sites is 1. The van der Waals surface area contributed by atoms with E-state index in [9.17, 15) is 22.8 Å². The summed E-state index contributed by atoms with van der Waals surface area (Å²) in [5, 5.41) is 8.63. The van der Waals surface area contributed by atoms with E-state index in [2.05, 4.69) is 25.7 Å². The summed E-state index contributed by atoms with van der Waals surface area (Å²) in [6, 6.07) is 6.04. The first-order valence-corrected chi connectivity index (χ1v) is 11.5. The Morgan fingerprint density at radius 2 is 2.08 bits per heavy atom. The molecule has 2 aromatic rings. The molecular formula is C25H29F3N4O4. The number of nitrogens with zero attached hydrogens (tertiary/aromatic N) is 1. The molecule has 11 heteroatoms. The lowest BCUT2D eigenvalue weighted by molar-refractivity contribution is -0.275. The largest absolute Gasteiger partial charge is 0.573 e. The zero-order valence-electron chi connectivity index (χ0n) is 20.3. The minimum atomic E-state index is -4.86. The Morgan fingerprint density at radius 1 is 1.31 bits per heavy atom. The summed E-state index contributed by atoms with van der Waals surface area (Å²) in [7, 11) is 0. The number of anilines is 1. The first-order chi connectivity index (χ1) is 17.0. The van der Waals surface area contributed by atoms with Crippen molar-refractivity contribution in [1.82, 2.24) is 15.6 Å². The number of hydrogen-bond donors (Lipinski definition) is 3. The molecule has 0 atom stereocenters. The first-order valence-electron chi connectivity index (χ1n) is 11.5. The third kappa shape index (κ3) is 7.45. The van der Waals surface area contributed by atoms with Gasteiger partial charge in [-0.2, -0.15) is 0 Å². The molecule has 194 valence electrons. The van der Waals surface area contributed by atoms with Gasteiger partial charge < -0.3 is 20.1 Å². The van der Waals surface area contributed by atoms with E-state index >= 15 is 0 Å². The maximum absolute atomic E-state index is 12.8. The van der Waals surface area contributed by atoms with Gasteiger partial charge in [0.1, 0.15) is 5.82 Å². The third-order valence-corrected chi connectivity index (χ3v) is 5.36. The van der Waals surface area contributed by atoms with Gasteiger partial charge in [-0.25, -0.2) is 4.98 Å². The number of amides is 2. The van der Waals surface area contributed by atoms with Gasteiger partial charge in [-0.15, -0.1) is 13.2 Å². The highest BCUT2D eigenvalue weighted by Gasteiger charge is 2.33. The van der Waals surface area contributed by atoms with Crippen LogP contribution in [-0.2, 0) is 29.1 Å². The van der Waals surface area contributed by atoms with Crippen molar-refractivity contribution in [1.29, 1.82) is 0 Å². The molecule has 0 aliphatic carbocycles. The predicted octanol–water partition coefficient (Wildman–Crippen LogP) is 4.00. The van der Waals surface area contributed by atoms with Crippen molar-refractivity contribution in [2.24, 2.45) is 0 Å². The molecule has 3 N–H and O–H groups in total. The third-order valence-electron chi connectivity index (χ3n) is 5.36. The Morgan fingerprint density at radius 3 is 2.81 bits per heavy atom. The van der Waals surface area contributed by atoms with E-state index in [1.807, 2.05) is 13.0 Å². The molecule has 0 bridgehead atoms. The summed E-state index contributed by atoms with van der Waals surface area (Å²) < 4.78 is 47.8. The SMILES string of the molecule is CCCOc1c(CNC(=O)/C=C/Cc2cnc3c(c2)CNC(C)(C)C(=O)N3)cccc1OC(F)(F)F. The van der Waals surface area contributed by atoms with Gasteiger partial charge in [-0.3, -0.25) is 14.9 Å². The van der Waals surface area contributed by atoms with E-state index in [-0.39, 0.29) is 24.8 Å². The molecule has 1 aliphatic heterocycles. The minimum Gasteiger partial charge on any atom is -0.489 e. The second kappa shape index (κ2) is 11.4. The molecule has 1 aliphatic rings. The summed E-state index contributed by atoms with van der Waals surface area (Å²) in [4.78, 5) is 28.8. The lowest BCUT2D eigenvalue weighted by atomic mass is 10.1. The zero-order chi connectivity index (χ0) is 26.3. The molecule has 0 saturated carbocycles. The number of fused-ring (bicyclic) bond motifs is 1. The second-order valence-electron chi connectivity index (χ2n) is 8.75. The van der Waals surface area contributed by atoms with E-state index in [1.165, 1.54) is 18.2 Å². The Labute approximate surface area is 207 Å². The van der Waals surface area contributed by atoms with E-state index in [4.69, 9.17) is 4.74 Å². The highest BCUT2D eigenvalue weighted by atomic mass is 19.4. The number of allylic oxidation sites excluding steroid dienone is 1. The molecule has 0 spiro atoms. The average molecular weight is 507 g/mol. The standard InChI is InChI=1S/C25H29F3N4O4/c1-4-11-35-21-17(8-6-9-19(21)36-25(26,27)28)14-29-20(33)10-5-7-16-12-18-15-31-24(2,3)23(34)32-22(18)30-13-16/h5-6,8-10,12-13,31H,4,7,11,14-15H2,1-3H3,(H,29,33)(H,30,32,34)/b10-5+. The van der Waals surface area contributed by atoms with Crippen LogP contribution in [0, 0.1) is 0 Å². The Hall–Kier alpha value is -3.60. The van der Waals surface area contributed by atoms with E-state index < -0.39 is 23.6 Å². The molecule has 8 nitrogen and oxygen atoms in total. The van der Waals surface area contributed by atoms with Crippen molar-refractivity contribution in [3.63, 3.8) is 0 Å². The lowest BCUT2D eigenvalue weighted by Crippen LogP contribution is -2.47. The van der Waals surface area contributed by atoms with E-state index in [0.29, 0.717) is 30.8 Å². The molecule has 3 rings (SSSR count). The topological polar surface area (TPSA) is 102 Å². The second-order valence-corrected chi connectivity index (χ2v) is 8.75. The van der Waals surface area contributed by atoms with Gasteiger partial charge in [0.05, 0.1) is 12.1 Å². The van der Waals surface area contributed by atoms with Crippen molar-refractivity contribution < 1.29 is 32.2 Å². The van der Waals surface area contributed by atoms with Gasteiger partial charge in [-0.1, -0.05) is 25.1 Å². The van der Waals surface area contributed by atoms with Crippen LogP contribution in [-0.4, -0.2) is 35.3 Å². The van der Waals surface area contributed by atoms with Crippen LogP contribution < -0.4 is 25.4 Å². The van der Waals surface area contributed by atoms with Gasteiger partial charge in [0, 0.05) is 30.4 Å². The Kier molecular flexibility index (Phi) is 8.57. The van der Waals surface area contributed by atoms with E-state index in [1.54, 1.807) is 32.2 Å². The Balaban J connectivity index is 1.61. The molecule has 1 aromatic heterocycles. The predicted molar refractivity (Wildman–Crippen MR) is 127 cm³/mol. The van der Waals surface area contributed by atoms with Crippen molar-refractivity contribution in [3.8, 4) is 11.5 Å². The molecule has 36 heavy (non-hydrogen) atoms. The van der Waals surface area contributed by atoms with Crippen LogP contribution in [0.5, 0.6) is 11.5 Å². The number of carbonyl (C=O) groups excluding carboxylic acids is 2. The number of carbonyl (C=O) groups is 2. The average Bonchev–Trinajstić information content (AvgIpc) is 2.91. The number of alkyl halides is 3. The maximum Gasteiger partial charge on any atom is 0.573 e. The summed E-state index contributed by atoms with van der Waals surface area (Å²) in [5.74, 6) is -0.598. The highest BCUT2D eigenvalue weighted by molar-refractivity contribution is 5.98. The van der Waals surface area contributed by atoms with Crippen molar-refractivity contribution >= 4 is 17.6 Å². The summed E-state index contributed by atoms with van der Waals surface area (Å²) in [6.07, 6.45) is 0.776. The summed E-state index contributed by atoms with van der Waals surface area (Å²) in [6.45, 7) is 6.02. The van der Waals surface area contributed by atoms with Gasteiger partial charge in [-0.05, 0) is 50.5 Å². The lowest BCUT2D eigenvalue weighted by Gasteiger charge is -2.21. The highest BCUT2D eigenvalue weighted by Crippen LogP contribution is 2.35. The van der Waals surface area contributed by atoms with Crippen LogP contribution in [0.25, 0.3) is 0 Å². The zero-order valence-corrected chi connectivity index (χ0v) is 20.3. The van der Waals surface area contributed by atoms with Gasteiger partial charge in [0.25, 0.3) is 0 Å². The molecular weight excluding hydrogens is 477 g/mol. The monoisotopic (exact) mass is 506 g/mol. The van der Waals surface area contributed by atoms with Crippen molar-refractivity contribution in [2.45, 2.75) is 58.6 Å². The number of aromatic nitrogens is 1. The molecule has 1 aromatic carbocycles. The molecule has 2 amide bonds. The Bertz CT molecular complexity index is 1130. The molecule has 0 saturated heterocycles. The molecule has 0 unspecified atom stereocenters. The number of halogens is 3. The van der Waals surface area contributed by atoms with Crippen LogP contribution in [0.2, 0.25) is 0 Å². The summed E-state index contributed by atoms with van der Waals surface area (Å²) in [5.41, 5.74) is 1.32. The smallest absolute Gasteiger partial charge is 0.489 e. The van der Waals surface area contributed by atoms with Gasteiger partial charge >= 0.3 is 6.36 Å². The fourth-order valence-electron chi connectivity index (χ4n) is 3.40. The number of rotatable bonds is 9. The number of hydrogen-bond acceptors (Lipinski definition) is 6. The fourth-order valence-corrected chi connectivity index (χ4v) is 3.40. The molecule has 0 fully saturated rings. The van der Waals surface area contributed by atoms with Crippen LogP contribution >= 0.6 is 0 Å². The minimum absolute atomic E-state index is 0.0428.